The number of aryl methyl sites for hydroxylation is 2. The van der Waals surface area contributed by atoms with Crippen LogP contribution in [0.2, 0.25) is 0 Å². The number of aromatic nitrogens is 5. The number of hydrogen-bond donors (Lipinski definition) is 3. The highest BCUT2D eigenvalue weighted by molar-refractivity contribution is 5.91. The molecule has 29 heavy (non-hydrogen) atoms. The Balaban J connectivity index is 1.34. The van der Waals surface area contributed by atoms with Crippen LogP contribution in [-0.4, -0.2) is 43.4 Å². The van der Waals surface area contributed by atoms with Crippen molar-refractivity contribution in [3.8, 4) is 11.3 Å². The molecule has 0 atom stereocenters. The average molecular weight is 389 g/mol. The van der Waals surface area contributed by atoms with Crippen molar-refractivity contribution in [3.05, 3.63) is 59.2 Å². The third kappa shape index (κ3) is 3.49. The molecule has 1 fully saturated rings. The number of hydrogen-bond acceptors (Lipinski definition) is 3. The van der Waals surface area contributed by atoms with Gasteiger partial charge in [0, 0.05) is 34.9 Å². The Kier molecular flexibility index (Phi) is 4.72. The lowest BCUT2D eigenvalue weighted by Crippen LogP contribution is -2.32. The maximum absolute atomic E-state index is 4.39. The molecule has 3 N–H and O–H groups in total. The fourth-order valence-electron chi connectivity index (χ4n) is 4.73. The highest BCUT2D eigenvalue weighted by atomic mass is 15.2. The Hall–Kier alpha value is -2.86. The average Bonchev–Trinajstić information content (AvgIpc) is 3.47. The predicted octanol–water partition coefficient (Wildman–Crippen LogP) is 4.53. The first-order chi connectivity index (χ1) is 14.2. The number of fused-ring (bicyclic) bond motifs is 1. The van der Waals surface area contributed by atoms with Crippen molar-refractivity contribution in [1.82, 2.24) is 30.3 Å². The molecule has 0 spiro atoms. The summed E-state index contributed by atoms with van der Waals surface area (Å²) >= 11 is 0. The van der Waals surface area contributed by atoms with Crippen molar-refractivity contribution in [3.63, 3.8) is 0 Å². The molecule has 6 heteroatoms. The number of nitrogens with zero attached hydrogens (tertiary/aromatic N) is 3. The van der Waals surface area contributed by atoms with Crippen molar-refractivity contribution in [2.24, 2.45) is 0 Å². The molecule has 6 nitrogen and oxygen atoms in total. The van der Waals surface area contributed by atoms with Gasteiger partial charge in [-0.25, -0.2) is 0 Å². The Morgan fingerprint density at radius 3 is 2.72 bits per heavy atom. The zero-order chi connectivity index (χ0) is 19.8. The maximum Gasteiger partial charge on any atom is 0.0765 e. The van der Waals surface area contributed by atoms with Crippen LogP contribution in [0, 0.1) is 6.92 Å². The van der Waals surface area contributed by atoms with Crippen molar-refractivity contribution in [2.75, 3.05) is 13.1 Å². The molecule has 1 aliphatic heterocycles. The van der Waals surface area contributed by atoms with E-state index < -0.39 is 0 Å². The summed E-state index contributed by atoms with van der Waals surface area (Å²) in [5.74, 6) is 0.633. The minimum absolute atomic E-state index is 0.633. The van der Waals surface area contributed by atoms with Crippen molar-refractivity contribution in [2.45, 2.75) is 45.6 Å². The van der Waals surface area contributed by atoms with E-state index in [4.69, 9.17) is 0 Å². The van der Waals surface area contributed by atoms with Gasteiger partial charge in [-0.15, -0.1) is 0 Å². The van der Waals surface area contributed by atoms with Gasteiger partial charge in [0.05, 0.1) is 17.6 Å². The van der Waals surface area contributed by atoms with Crippen LogP contribution in [0.4, 0.5) is 0 Å². The number of rotatable bonds is 5. The summed E-state index contributed by atoms with van der Waals surface area (Å²) in [5.41, 5.74) is 8.67. The number of likely N-dealkylation sites (tertiary alicyclic amines) is 1. The minimum Gasteiger partial charge on any atom is -0.354 e. The second-order valence-electron chi connectivity index (χ2n) is 8.22. The van der Waals surface area contributed by atoms with E-state index >= 15 is 0 Å². The Bertz CT molecular complexity index is 1100. The molecule has 0 aliphatic carbocycles. The second kappa shape index (κ2) is 7.52. The van der Waals surface area contributed by atoms with Crippen molar-refractivity contribution in [1.29, 1.82) is 0 Å². The third-order valence-corrected chi connectivity index (χ3v) is 6.27. The van der Waals surface area contributed by atoms with Crippen LogP contribution in [0.15, 0.2) is 36.7 Å². The van der Waals surface area contributed by atoms with Gasteiger partial charge >= 0.3 is 0 Å². The van der Waals surface area contributed by atoms with Gasteiger partial charge in [0.15, 0.2) is 0 Å². The first kappa shape index (κ1) is 18.2. The van der Waals surface area contributed by atoms with E-state index in [1.165, 1.54) is 40.6 Å². The van der Waals surface area contributed by atoms with Crippen LogP contribution in [-0.2, 0) is 13.0 Å². The zero-order valence-corrected chi connectivity index (χ0v) is 17.1. The number of H-pyrrole nitrogens is 3. The highest BCUT2D eigenvalue weighted by Gasteiger charge is 2.22. The Morgan fingerprint density at radius 2 is 2.03 bits per heavy atom. The molecule has 1 aromatic carbocycles. The van der Waals surface area contributed by atoms with E-state index in [1.807, 2.05) is 12.4 Å². The zero-order valence-electron chi connectivity index (χ0n) is 17.1. The molecule has 0 bridgehead atoms. The Morgan fingerprint density at radius 1 is 1.17 bits per heavy atom. The van der Waals surface area contributed by atoms with Crippen LogP contribution in [0.3, 0.4) is 0 Å². The smallest absolute Gasteiger partial charge is 0.0765 e. The van der Waals surface area contributed by atoms with Crippen LogP contribution < -0.4 is 0 Å². The number of aromatic amines is 3. The fraction of sp³-hybridized carbons (Fsp3) is 0.391. The van der Waals surface area contributed by atoms with E-state index in [0.717, 1.165) is 43.0 Å². The molecule has 0 unspecified atom stereocenters. The van der Waals surface area contributed by atoms with Gasteiger partial charge in [0.1, 0.15) is 0 Å². The molecule has 0 amide bonds. The predicted molar refractivity (Wildman–Crippen MR) is 116 cm³/mol. The summed E-state index contributed by atoms with van der Waals surface area (Å²) in [6.45, 7) is 7.49. The fourth-order valence-corrected chi connectivity index (χ4v) is 4.73. The summed E-state index contributed by atoms with van der Waals surface area (Å²) in [6, 6.07) is 9.14. The lowest BCUT2D eigenvalue weighted by Gasteiger charge is -2.31. The lowest BCUT2D eigenvalue weighted by molar-refractivity contribution is 0.202. The molecule has 5 rings (SSSR count). The van der Waals surface area contributed by atoms with Crippen LogP contribution in [0.5, 0.6) is 0 Å². The summed E-state index contributed by atoms with van der Waals surface area (Å²) in [4.78, 5) is 6.13. The van der Waals surface area contributed by atoms with Gasteiger partial charge in [-0.05, 0) is 74.5 Å². The molecule has 4 heterocycles. The van der Waals surface area contributed by atoms with Gasteiger partial charge < -0.3 is 4.98 Å². The summed E-state index contributed by atoms with van der Waals surface area (Å²) in [6.07, 6.45) is 7.26. The highest BCUT2D eigenvalue weighted by Crippen LogP contribution is 2.35. The molecule has 0 radical (unpaired) electrons. The second-order valence-corrected chi connectivity index (χ2v) is 8.22. The van der Waals surface area contributed by atoms with Gasteiger partial charge in [0.2, 0.25) is 0 Å². The third-order valence-electron chi connectivity index (χ3n) is 6.27. The topological polar surface area (TPSA) is 76.4 Å². The Labute approximate surface area is 170 Å². The van der Waals surface area contributed by atoms with Crippen molar-refractivity contribution >= 4 is 10.9 Å². The lowest BCUT2D eigenvalue weighted by atomic mass is 9.88. The molecular weight excluding hydrogens is 360 g/mol. The maximum atomic E-state index is 4.39. The number of piperidine rings is 1. The van der Waals surface area contributed by atoms with Crippen molar-refractivity contribution < 1.29 is 0 Å². The molecule has 0 saturated carbocycles. The normalized spacial score (nSPS) is 16.1. The van der Waals surface area contributed by atoms with E-state index in [-0.39, 0.29) is 0 Å². The van der Waals surface area contributed by atoms with Crippen LogP contribution in [0.25, 0.3) is 22.2 Å². The molecule has 150 valence electrons. The standard InChI is InChI=1S/C23H28N6/c1-3-20-21-11-17(4-5-22(21)26-23(20)18-12-24-25-13-18)16-6-8-29(9-7-16)14-19-10-15(2)27-28-19/h4-5,10-13,16,26H,3,6-9,14H2,1-2H3,(H,24,25)(H,27,28). The quantitative estimate of drug-likeness (QED) is 0.470. The van der Waals surface area contributed by atoms with E-state index in [0.29, 0.717) is 5.92 Å². The van der Waals surface area contributed by atoms with E-state index in [1.54, 1.807) is 0 Å². The summed E-state index contributed by atoms with van der Waals surface area (Å²) < 4.78 is 0. The summed E-state index contributed by atoms with van der Waals surface area (Å²) in [7, 11) is 0. The van der Waals surface area contributed by atoms with Crippen LogP contribution >= 0.6 is 0 Å². The first-order valence-corrected chi connectivity index (χ1v) is 10.6. The molecular formula is C23H28N6. The number of benzene rings is 1. The molecule has 1 saturated heterocycles. The SMILES string of the molecule is CCc1c(-c2cn[nH]c2)[nH]c2ccc(C3CCN(Cc4cc(C)[nH]n4)CC3)cc12. The van der Waals surface area contributed by atoms with E-state index in [2.05, 4.69) is 68.4 Å². The van der Waals surface area contributed by atoms with Crippen LogP contribution in [0.1, 0.15) is 48.2 Å². The number of nitrogens with one attached hydrogen (secondary N) is 3. The molecule has 1 aliphatic rings. The first-order valence-electron chi connectivity index (χ1n) is 10.6. The molecule has 4 aromatic rings. The van der Waals surface area contributed by atoms with Gasteiger partial charge in [0.25, 0.3) is 0 Å². The van der Waals surface area contributed by atoms with Gasteiger partial charge in [-0.1, -0.05) is 13.0 Å². The minimum atomic E-state index is 0.633. The van der Waals surface area contributed by atoms with Gasteiger partial charge in [-0.2, -0.15) is 10.2 Å². The monoisotopic (exact) mass is 388 g/mol. The van der Waals surface area contributed by atoms with E-state index in [9.17, 15) is 0 Å². The van der Waals surface area contributed by atoms with Gasteiger partial charge in [-0.3, -0.25) is 15.1 Å². The molecule has 3 aromatic heterocycles. The largest absolute Gasteiger partial charge is 0.354 e. The summed E-state index contributed by atoms with van der Waals surface area (Å²) in [5, 5.41) is 15.8.